The predicted molar refractivity (Wildman–Crippen MR) is 64.1 cm³/mol. The van der Waals surface area contributed by atoms with Gasteiger partial charge in [-0.1, -0.05) is 0 Å². The molecule has 0 radical (unpaired) electrons. The third-order valence-electron chi connectivity index (χ3n) is 2.78. The molecule has 1 aliphatic rings. The van der Waals surface area contributed by atoms with E-state index in [0.29, 0.717) is 6.04 Å². The zero-order valence-electron chi connectivity index (χ0n) is 9.03. The Morgan fingerprint density at radius 2 is 2.53 bits per heavy atom. The van der Waals surface area contributed by atoms with Gasteiger partial charge in [0.2, 0.25) is 0 Å². The quantitative estimate of drug-likeness (QED) is 0.847. The summed E-state index contributed by atoms with van der Waals surface area (Å²) in [5.41, 5.74) is 2.81. The van der Waals surface area contributed by atoms with Crippen molar-refractivity contribution in [3.63, 3.8) is 0 Å². The highest BCUT2D eigenvalue weighted by Gasteiger charge is 2.15. The zero-order valence-corrected chi connectivity index (χ0v) is 9.85. The van der Waals surface area contributed by atoms with Gasteiger partial charge in [-0.3, -0.25) is 0 Å². The zero-order chi connectivity index (χ0) is 10.5. The summed E-state index contributed by atoms with van der Waals surface area (Å²) in [6.07, 6.45) is 5.32. The highest BCUT2D eigenvalue weighted by Crippen LogP contribution is 2.19. The van der Waals surface area contributed by atoms with Crippen LogP contribution in [-0.4, -0.2) is 19.7 Å². The minimum atomic E-state index is 0.430. The van der Waals surface area contributed by atoms with Crippen LogP contribution in [-0.2, 0) is 11.2 Å². The maximum atomic E-state index is 5.38. The van der Waals surface area contributed by atoms with Crippen molar-refractivity contribution >= 4 is 11.3 Å². The lowest BCUT2D eigenvalue weighted by molar-refractivity contribution is 0.219. The molecule has 1 N–H and O–H groups in total. The number of nitrogens with one attached hydrogen (secondary N) is 1. The fourth-order valence-corrected chi connectivity index (χ4v) is 2.59. The molecule has 1 unspecified atom stereocenters. The molecule has 1 aromatic rings. The normalized spacial score (nSPS) is 18.1. The Morgan fingerprint density at radius 1 is 1.60 bits per heavy atom. The Labute approximate surface area is 95.0 Å². The molecule has 0 fully saturated rings. The van der Waals surface area contributed by atoms with Gasteiger partial charge in [0, 0.05) is 6.04 Å². The molecule has 15 heavy (non-hydrogen) atoms. The smallest absolute Gasteiger partial charge is 0.0876 e. The second kappa shape index (κ2) is 5.33. The van der Waals surface area contributed by atoms with Crippen LogP contribution in [0.2, 0.25) is 0 Å². The largest absolute Gasteiger partial charge is 0.501 e. The van der Waals surface area contributed by atoms with Crippen LogP contribution >= 0.6 is 11.3 Å². The lowest BCUT2D eigenvalue weighted by atomic mass is 9.97. The van der Waals surface area contributed by atoms with E-state index in [-0.39, 0.29) is 0 Å². The maximum Gasteiger partial charge on any atom is 0.0876 e. The van der Waals surface area contributed by atoms with Gasteiger partial charge in [-0.05, 0) is 54.3 Å². The molecular weight excluding hydrogens is 206 g/mol. The van der Waals surface area contributed by atoms with Crippen molar-refractivity contribution in [2.45, 2.75) is 25.3 Å². The summed E-state index contributed by atoms with van der Waals surface area (Å²) in [6, 6.07) is 2.62. The van der Waals surface area contributed by atoms with Gasteiger partial charge in [-0.25, -0.2) is 0 Å². The van der Waals surface area contributed by atoms with Gasteiger partial charge in [0.05, 0.1) is 12.9 Å². The number of hydrogen-bond acceptors (Lipinski definition) is 3. The van der Waals surface area contributed by atoms with Crippen LogP contribution in [0.1, 0.15) is 18.4 Å². The van der Waals surface area contributed by atoms with Crippen molar-refractivity contribution in [3.8, 4) is 0 Å². The van der Waals surface area contributed by atoms with E-state index in [1.165, 1.54) is 11.1 Å². The summed E-state index contributed by atoms with van der Waals surface area (Å²) in [7, 11) is 2.02. The van der Waals surface area contributed by atoms with E-state index in [9.17, 15) is 0 Å². The molecule has 3 heteroatoms. The molecule has 2 rings (SSSR count). The molecule has 1 aliphatic heterocycles. The fraction of sp³-hybridized carbons (Fsp3) is 0.500. The Morgan fingerprint density at radius 3 is 3.13 bits per heavy atom. The van der Waals surface area contributed by atoms with E-state index in [2.05, 4.69) is 22.1 Å². The molecular formula is C12H17NOS. The molecule has 2 nitrogen and oxygen atoms in total. The van der Waals surface area contributed by atoms with Crippen LogP contribution < -0.4 is 5.32 Å². The van der Waals surface area contributed by atoms with Crippen LogP contribution in [0.4, 0.5) is 0 Å². The molecule has 0 aromatic carbocycles. The molecule has 0 saturated carbocycles. The van der Waals surface area contributed by atoms with E-state index in [4.69, 9.17) is 4.74 Å². The van der Waals surface area contributed by atoms with Gasteiger partial charge in [0.15, 0.2) is 0 Å². The standard InChI is InChI=1S/C12H17NOS/c1-13-12(7-10-4-6-15-9-10)11-3-2-5-14-8-11/h4,6,8-9,12-13H,2-3,5,7H2,1H3. The van der Waals surface area contributed by atoms with E-state index >= 15 is 0 Å². The fourth-order valence-electron chi connectivity index (χ4n) is 1.90. The summed E-state index contributed by atoms with van der Waals surface area (Å²) >= 11 is 1.76. The van der Waals surface area contributed by atoms with Crippen molar-refractivity contribution in [1.29, 1.82) is 0 Å². The van der Waals surface area contributed by atoms with Crippen molar-refractivity contribution < 1.29 is 4.74 Å². The second-order valence-corrected chi connectivity index (χ2v) is 4.62. The van der Waals surface area contributed by atoms with Crippen LogP contribution in [0.15, 0.2) is 28.7 Å². The first-order chi connectivity index (χ1) is 7.40. The van der Waals surface area contributed by atoms with Gasteiger partial charge in [0.25, 0.3) is 0 Å². The highest BCUT2D eigenvalue weighted by molar-refractivity contribution is 7.07. The average Bonchev–Trinajstić information content (AvgIpc) is 2.80. The Balaban J connectivity index is 2.00. The Hall–Kier alpha value is -0.800. The van der Waals surface area contributed by atoms with E-state index < -0.39 is 0 Å². The van der Waals surface area contributed by atoms with Gasteiger partial charge >= 0.3 is 0 Å². The maximum absolute atomic E-state index is 5.38. The minimum Gasteiger partial charge on any atom is -0.501 e. The van der Waals surface area contributed by atoms with Crippen molar-refractivity contribution in [2.75, 3.05) is 13.7 Å². The third kappa shape index (κ3) is 2.83. The lowest BCUT2D eigenvalue weighted by Gasteiger charge is -2.22. The molecule has 0 aliphatic carbocycles. The predicted octanol–water partition coefficient (Wildman–Crippen LogP) is 2.57. The lowest BCUT2D eigenvalue weighted by Crippen LogP contribution is -2.30. The SMILES string of the molecule is CNC(Cc1ccsc1)C1=COCCC1. The van der Waals surface area contributed by atoms with Gasteiger partial charge in [-0.2, -0.15) is 11.3 Å². The van der Waals surface area contributed by atoms with Crippen molar-refractivity contribution in [2.24, 2.45) is 0 Å². The highest BCUT2D eigenvalue weighted by atomic mass is 32.1. The number of hydrogen-bond donors (Lipinski definition) is 1. The molecule has 2 heterocycles. The molecule has 1 atom stereocenters. The first-order valence-corrected chi connectivity index (χ1v) is 6.33. The van der Waals surface area contributed by atoms with Crippen LogP contribution in [0, 0.1) is 0 Å². The molecule has 0 amide bonds. The van der Waals surface area contributed by atoms with Gasteiger partial charge < -0.3 is 10.1 Å². The summed E-state index contributed by atoms with van der Waals surface area (Å²) < 4.78 is 5.38. The number of thiophene rings is 1. The molecule has 82 valence electrons. The molecule has 0 spiro atoms. The van der Waals surface area contributed by atoms with E-state index in [1.807, 2.05) is 13.3 Å². The van der Waals surface area contributed by atoms with E-state index in [0.717, 1.165) is 25.9 Å². The van der Waals surface area contributed by atoms with Crippen LogP contribution in [0.5, 0.6) is 0 Å². The number of likely N-dealkylation sites (N-methyl/N-ethyl adjacent to an activating group) is 1. The summed E-state index contributed by atoms with van der Waals surface area (Å²) in [5, 5.41) is 7.72. The second-order valence-electron chi connectivity index (χ2n) is 3.84. The Bertz CT molecular complexity index is 318. The summed E-state index contributed by atoms with van der Waals surface area (Å²) in [4.78, 5) is 0. The third-order valence-corrected chi connectivity index (χ3v) is 3.51. The van der Waals surface area contributed by atoms with E-state index in [1.54, 1.807) is 11.3 Å². The topological polar surface area (TPSA) is 21.3 Å². The van der Waals surface area contributed by atoms with Crippen molar-refractivity contribution in [3.05, 3.63) is 34.2 Å². The first-order valence-electron chi connectivity index (χ1n) is 5.39. The van der Waals surface area contributed by atoms with Crippen LogP contribution in [0.3, 0.4) is 0 Å². The summed E-state index contributed by atoms with van der Waals surface area (Å²) in [5.74, 6) is 0. The number of ether oxygens (including phenoxy) is 1. The molecule has 0 saturated heterocycles. The van der Waals surface area contributed by atoms with Gasteiger partial charge in [0.1, 0.15) is 0 Å². The number of rotatable bonds is 4. The monoisotopic (exact) mass is 223 g/mol. The van der Waals surface area contributed by atoms with Crippen LogP contribution in [0.25, 0.3) is 0 Å². The first kappa shape index (κ1) is 10.7. The molecule has 1 aromatic heterocycles. The Kier molecular flexibility index (Phi) is 3.80. The van der Waals surface area contributed by atoms with Crippen molar-refractivity contribution in [1.82, 2.24) is 5.32 Å². The molecule has 0 bridgehead atoms. The summed E-state index contributed by atoms with van der Waals surface area (Å²) in [6.45, 7) is 0.873. The van der Waals surface area contributed by atoms with Gasteiger partial charge in [-0.15, -0.1) is 0 Å². The average molecular weight is 223 g/mol. The minimum absolute atomic E-state index is 0.430.